The van der Waals surface area contributed by atoms with Crippen LogP contribution in [0.2, 0.25) is 0 Å². The quantitative estimate of drug-likeness (QED) is 0.316. The van der Waals surface area contributed by atoms with Crippen molar-refractivity contribution in [2.45, 2.75) is 12.5 Å². The Hall–Kier alpha value is -1.06. The Labute approximate surface area is 63.9 Å². The van der Waals surface area contributed by atoms with Crippen LogP contribution < -0.4 is 0 Å². The Morgan fingerprint density at radius 2 is 2.27 bits per heavy atom. The highest BCUT2D eigenvalue weighted by Gasteiger charge is 2.42. The molecule has 0 bridgehead atoms. The average molecular weight is 175 g/mol. The van der Waals surface area contributed by atoms with Crippen LogP contribution in [0.3, 0.4) is 0 Å². The van der Waals surface area contributed by atoms with Gasteiger partial charge in [-0.15, -0.1) is 6.42 Å². The summed E-state index contributed by atoms with van der Waals surface area (Å²) >= 11 is 0. The highest BCUT2D eigenvalue weighted by Crippen LogP contribution is 2.21. The second-order valence-electron chi connectivity index (χ2n) is 2.05. The Kier molecular flexibility index (Phi) is 1.62. The van der Waals surface area contributed by atoms with Crippen LogP contribution in [0.15, 0.2) is 0 Å². The summed E-state index contributed by atoms with van der Waals surface area (Å²) in [6, 6.07) is -0.808. The molecule has 0 saturated carbocycles. The lowest BCUT2D eigenvalue weighted by Crippen LogP contribution is -2.54. The fraction of sp³-hybridized carbons (Fsp3) is 0.400. The molecule has 5 nitrogen and oxygen atoms in total. The number of hydrogen-bond donors (Lipinski definition) is 1. The predicted molar refractivity (Wildman–Crippen MR) is 35.6 cm³/mol. The molecule has 6 heteroatoms. The van der Waals surface area contributed by atoms with E-state index in [0.717, 1.165) is 0 Å². The van der Waals surface area contributed by atoms with E-state index >= 15 is 0 Å². The van der Waals surface area contributed by atoms with Gasteiger partial charge in [0.25, 0.3) is 0 Å². The van der Waals surface area contributed by atoms with Crippen LogP contribution in [0.1, 0.15) is 6.42 Å². The van der Waals surface area contributed by atoms with Gasteiger partial charge in [-0.05, 0) is 0 Å². The van der Waals surface area contributed by atoms with Crippen molar-refractivity contribution in [3.05, 3.63) is 0 Å². The van der Waals surface area contributed by atoms with Crippen LogP contribution in [0, 0.1) is 12.3 Å². The molecule has 0 aromatic rings. The third-order valence-electron chi connectivity index (χ3n) is 1.34. The minimum atomic E-state index is -4.44. The fourth-order valence-electron chi connectivity index (χ4n) is 0.816. The van der Waals surface area contributed by atoms with Crippen molar-refractivity contribution in [3.8, 4) is 12.3 Å². The van der Waals surface area contributed by atoms with Gasteiger partial charge in [0.05, 0.1) is 6.42 Å². The van der Waals surface area contributed by atoms with Crippen LogP contribution >= 0.6 is 0 Å². The normalized spacial score (nSPS) is 24.2. The van der Waals surface area contributed by atoms with E-state index in [1.165, 1.54) is 0 Å². The largest absolute Gasteiger partial charge is 0.363 e. The van der Waals surface area contributed by atoms with E-state index in [-0.39, 0.29) is 10.7 Å². The maximum atomic E-state index is 10.5. The summed E-state index contributed by atoms with van der Waals surface area (Å²) in [7, 11) is -4.44. The molecular weight excluding hydrogens is 170 g/mol. The van der Waals surface area contributed by atoms with Gasteiger partial charge in [0, 0.05) is 0 Å². The maximum absolute atomic E-state index is 10.5. The van der Waals surface area contributed by atoms with Gasteiger partial charge in [0.15, 0.2) is 0 Å². The fourth-order valence-corrected chi connectivity index (χ4v) is 1.60. The van der Waals surface area contributed by atoms with Crippen molar-refractivity contribution in [3.63, 3.8) is 0 Å². The third kappa shape index (κ3) is 1.20. The zero-order valence-corrected chi connectivity index (χ0v) is 6.21. The molecular formula is C5H5NO4S. The van der Waals surface area contributed by atoms with Crippen molar-refractivity contribution < 1.29 is 17.8 Å². The second kappa shape index (κ2) is 2.22. The van der Waals surface area contributed by atoms with Crippen LogP contribution in [0.5, 0.6) is 0 Å². The van der Waals surface area contributed by atoms with Crippen LogP contribution in [-0.4, -0.2) is 29.2 Å². The van der Waals surface area contributed by atoms with E-state index in [1.807, 2.05) is 0 Å². The van der Waals surface area contributed by atoms with Gasteiger partial charge in [0.2, 0.25) is 5.91 Å². The van der Waals surface area contributed by atoms with Gasteiger partial charge >= 0.3 is 10.3 Å². The van der Waals surface area contributed by atoms with E-state index in [1.54, 1.807) is 0 Å². The first-order valence-electron chi connectivity index (χ1n) is 2.72. The van der Waals surface area contributed by atoms with E-state index in [4.69, 9.17) is 11.0 Å². The molecule has 1 aliphatic heterocycles. The molecule has 1 heterocycles. The first-order valence-corrected chi connectivity index (χ1v) is 4.12. The van der Waals surface area contributed by atoms with E-state index in [0.29, 0.717) is 0 Å². The van der Waals surface area contributed by atoms with Crippen molar-refractivity contribution in [1.82, 2.24) is 4.31 Å². The zero-order chi connectivity index (χ0) is 8.65. The lowest BCUT2D eigenvalue weighted by atomic mass is 10.1. The number of carbonyl (C=O) groups is 1. The Balaban J connectivity index is 2.90. The molecule has 60 valence electrons. The molecule has 1 unspecified atom stereocenters. The molecule has 1 fully saturated rings. The molecule has 1 atom stereocenters. The molecule has 0 radical (unpaired) electrons. The first-order chi connectivity index (χ1) is 4.96. The lowest BCUT2D eigenvalue weighted by molar-refractivity contribution is -0.135. The maximum Gasteiger partial charge on any atom is 0.363 e. The summed E-state index contributed by atoms with van der Waals surface area (Å²) in [5.74, 6) is 1.38. The number of β-lactam (4-membered cyclic amide) rings is 1. The number of terminal acetylenes is 1. The number of amides is 1. The molecule has 1 N–H and O–H groups in total. The average Bonchev–Trinajstić information content (AvgIpc) is 1.77. The Bertz CT molecular complexity index is 325. The van der Waals surface area contributed by atoms with Crippen molar-refractivity contribution in [2.75, 3.05) is 0 Å². The molecule has 11 heavy (non-hydrogen) atoms. The van der Waals surface area contributed by atoms with Gasteiger partial charge < -0.3 is 0 Å². The van der Waals surface area contributed by atoms with Crippen LogP contribution in [0.4, 0.5) is 0 Å². The topological polar surface area (TPSA) is 74.7 Å². The predicted octanol–water partition coefficient (Wildman–Crippen LogP) is -0.977. The number of rotatable bonds is 1. The van der Waals surface area contributed by atoms with Gasteiger partial charge in [-0.3, -0.25) is 9.35 Å². The molecule has 0 aromatic carbocycles. The van der Waals surface area contributed by atoms with E-state index < -0.39 is 22.3 Å². The second-order valence-corrected chi connectivity index (χ2v) is 3.34. The molecule has 1 amide bonds. The van der Waals surface area contributed by atoms with Crippen molar-refractivity contribution >= 4 is 16.2 Å². The smallest absolute Gasteiger partial charge is 0.274 e. The van der Waals surface area contributed by atoms with Gasteiger partial charge in [-0.25, -0.2) is 4.31 Å². The van der Waals surface area contributed by atoms with Gasteiger partial charge in [-0.2, -0.15) is 8.42 Å². The molecule has 0 aliphatic carbocycles. The summed E-state index contributed by atoms with van der Waals surface area (Å²) in [5.41, 5.74) is 0. The summed E-state index contributed by atoms with van der Waals surface area (Å²) in [4.78, 5) is 10.5. The zero-order valence-electron chi connectivity index (χ0n) is 5.39. The molecule has 1 rings (SSSR count). The highest BCUT2D eigenvalue weighted by molar-refractivity contribution is 7.84. The number of hydrogen-bond acceptors (Lipinski definition) is 3. The van der Waals surface area contributed by atoms with Crippen LogP contribution in [-0.2, 0) is 15.1 Å². The summed E-state index contributed by atoms with van der Waals surface area (Å²) < 4.78 is 29.4. The summed E-state index contributed by atoms with van der Waals surface area (Å²) in [6.45, 7) is 0. The van der Waals surface area contributed by atoms with E-state index in [9.17, 15) is 13.2 Å². The SMILES string of the molecule is C#CC1CC(=O)N1S(=O)(=O)O. The molecule has 1 saturated heterocycles. The minimum absolute atomic E-state index is 0.0176. The van der Waals surface area contributed by atoms with Gasteiger partial charge in [-0.1, -0.05) is 5.92 Å². The monoisotopic (exact) mass is 175 g/mol. The third-order valence-corrected chi connectivity index (χ3v) is 2.29. The Morgan fingerprint density at radius 3 is 2.45 bits per heavy atom. The summed E-state index contributed by atoms with van der Waals surface area (Å²) in [5, 5.41) is 0. The highest BCUT2D eigenvalue weighted by atomic mass is 32.2. The van der Waals surface area contributed by atoms with E-state index in [2.05, 4.69) is 5.92 Å². The minimum Gasteiger partial charge on any atom is -0.274 e. The lowest BCUT2D eigenvalue weighted by Gasteiger charge is -2.32. The summed E-state index contributed by atoms with van der Waals surface area (Å²) in [6.07, 6.45) is 4.85. The van der Waals surface area contributed by atoms with Crippen LogP contribution in [0.25, 0.3) is 0 Å². The molecule has 0 spiro atoms. The van der Waals surface area contributed by atoms with Crippen molar-refractivity contribution in [2.24, 2.45) is 0 Å². The Morgan fingerprint density at radius 1 is 1.73 bits per heavy atom. The number of carbonyl (C=O) groups excluding carboxylic acids is 1. The number of nitrogens with zero attached hydrogens (tertiary/aromatic N) is 1. The van der Waals surface area contributed by atoms with Crippen molar-refractivity contribution in [1.29, 1.82) is 0 Å². The molecule has 1 aliphatic rings. The first kappa shape index (κ1) is 8.04. The standard InChI is InChI=1S/C5H5NO4S/c1-2-4-3-5(7)6(4)11(8,9)10/h1,4H,3H2,(H,8,9,10). The van der Waals surface area contributed by atoms with Gasteiger partial charge in [0.1, 0.15) is 6.04 Å². The molecule has 0 aromatic heterocycles.